The molecule has 114 valence electrons. The number of benzene rings is 1. The smallest absolute Gasteiger partial charge is 0.137 e. The zero-order chi connectivity index (χ0) is 16.5. The van der Waals surface area contributed by atoms with E-state index in [0.29, 0.717) is 0 Å². The van der Waals surface area contributed by atoms with Crippen LogP contribution < -0.4 is 0 Å². The predicted molar refractivity (Wildman–Crippen MR) is 96.1 cm³/mol. The third kappa shape index (κ3) is 3.95. The Kier molecular flexibility index (Phi) is 6.85. The van der Waals surface area contributed by atoms with E-state index in [1.165, 1.54) is 0 Å². The molecule has 0 saturated carbocycles. The van der Waals surface area contributed by atoms with Gasteiger partial charge in [0.25, 0.3) is 0 Å². The van der Waals surface area contributed by atoms with E-state index < -0.39 is 0 Å². The first-order valence-corrected chi connectivity index (χ1v) is 7.44. The fourth-order valence-corrected chi connectivity index (χ4v) is 1.86. The van der Waals surface area contributed by atoms with E-state index in [2.05, 4.69) is 28.4 Å². The van der Waals surface area contributed by atoms with Crippen molar-refractivity contribution in [3.05, 3.63) is 54.5 Å². The van der Waals surface area contributed by atoms with E-state index >= 15 is 0 Å². The number of aliphatic imine (C=N–C) groups is 1. The van der Waals surface area contributed by atoms with E-state index in [9.17, 15) is 0 Å². The molecule has 0 aliphatic rings. The number of fused-ring (bicyclic) bond motifs is 1. The van der Waals surface area contributed by atoms with Crippen LogP contribution in [0.15, 0.2) is 53.9 Å². The van der Waals surface area contributed by atoms with Gasteiger partial charge in [-0.1, -0.05) is 32.4 Å². The SMILES string of the molecule is C=CC(=N/C(C)=C\C)n1cnc2ccc(C#CC)cc21.CC. The first-order chi connectivity index (χ1) is 10.7. The molecule has 0 N–H and O–H groups in total. The molecule has 0 fully saturated rings. The van der Waals surface area contributed by atoms with Gasteiger partial charge in [0, 0.05) is 11.3 Å². The molecule has 0 aliphatic carbocycles. The van der Waals surface area contributed by atoms with Gasteiger partial charge in [-0.05, 0) is 45.0 Å². The molecule has 3 nitrogen and oxygen atoms in total. The molecule has 3 heteroatoms. The Labute approximate surface area is 133 Å². The maximum absolute atomic E-state index is 4.53. The summed E-state index contributed by atoms with van der Waals surface area (Å²) in [5, 5.41) is 0. The molecule has 1 aromatic heterocycles. The third-order valence-electron chi connectivity index (χ3n) is 2.95. The highest BCUT2D eigenvalue weighted by molar-refractivity contribution is 6.00. The highest BCUT2D eigenvalue weighted by atomic mass is 15.1. The summed E-state index contributed by atoms with van der Waals surface area (Å²) in [6.45, 7) is 13.6. The summed E-state index contributed by atoms with van der Waals surface area (Å²) < 4.78 is 1.93. The van der Waals surface area contributed by atoms with E-state index in [0.717, 1.165) is 28.1 Å². The quantitative estimate of drug-likeness (QED) is 0.445. The lowest BCUT2D eigenvalue weighted by atomic mass is 10.2. The van der Waals surface area contributed by atoms with Crippen LogP contribution in [0, 0.1) is 11.8 Å². The fraction of sp³-hybridized carbons (Fsp3) is 0.263. The van der Waals surface area contributed by atoms with Crippen molar-refractivity contribution in [1.82, 2.24) is 9.55 Å². The standard InChI is InChI=1S/C17H17N3.C2H6/c1-5-8-14-9-10-15-16(11-14)20(12-18-15)17(7-3)19-13(4)6-2;1-2/h6-7,9-12H,3H2,1-2,4H3;1-2H3/b13-6-,19-17?;. The number of allylic oxidation sites excluding steroid dienone is 3. The van der Waals surface area contributed by atoms with Gasteiger partial charge in [-0.3, -0.25) is 4.57 Å². The minimum Gasteiger partial charge on any atom is -0.283 e. The molecule has 0 bridgehead atoms. The third-order valence-corrected chi connectivity index (χ3v) is 2.95. The minimum absolute atomic E-state index is 0.754. The number of imidazole rings is 1. The van der Waals surface area contributed by atoms with Crippen LogP contribution >= 0.6 is 0 Å². The normalized spacial score (nSPS) is 11.3. The Balaban J connectivity index is 0.00000116. The first-order valence-electron chi connectivity index (χ1n) is 7.44. The highest BCUT2D eigenvalue weighted by Crippen LogP contribution is 2.15. The molecule has 0 amide bonds. The lowest BCUT2D eigenvalue weighted by Crippen LogP contribution is -2.07. The second kappa shape index (κ2) is 8.63. The van der Waals surface area contributed by atoms with Crippen molar-refractivity contribution in [2.75, 3.05) is 0 Å². The molecule has 22 heavy (non-hydrogen) atoms. The molecular formula is C19H23N3. The second-order valence-electron chi connectivity index (χ2n) is 4.30. The first kappa shape index (κ1) is 17.5. The van der Waals surface area contributed by atoms with Gasteiger partial charge in [0.05, 0.1) is 11.0 Å². The molecule has 0 radical (unpaired) electrons. The summed E-state index contributed by atoms with van der Waals surface area (Å²) in [6.07, 6.45) is 5.44. The van der Waals surface area contributed by atoms with Crippen molar-refractivity contribution in [2.24, 2.45) is 4.99 Å². The zero-order valence-corrected chi connectivity index (χ0v) is 14.0. The van der Waals surface area contributed by atoms with Crippen molar-refractivity contribution in [2.45, 2.75) is 34.6 Å². The van der Waals surface area contributed by atoms with Crippen molar-refractivity contribution in [3.63, 3.8) is 0 Å². The largest absolute Gasteiger partial charge is 0.283 e. The van der Waals surface area contributed by atoms with Gasteiger partial charge in [-0.25, -0.2) is 9.98 Å². The molecule has 0 spiro atoms. The van der Waals surface area contributed by atoms with Crippen LogP contribution in [0.25, 0.3) is 11.0 Å². The topological polar surface area (TPSA) is 30.2 Å². The zero-order valence-electron chi connectivity index (χ0n) is 14.0. The van der Waals surface area contributed by atoms with E-state index in [1.54, 1.807) is 12.4 Å². The van der Waals surface area contributed by atoms with Gasteiger partial charge < -0.3 is 0 Å². The highest BCUT2D eigenvalue weighted by Gasteiger charge is 2.06. The summed E-state index contributed by atoms with van der Waals surface area (Å²) >= 11 is 0. The van der Waals surface area contributed by atoms with Crippen LogP contribution in [-0.2, 0) is 0 Å². The van der Waals surface area contributed by atoms with Gasteiger partial charge in [0.15, 0.2) is 0 Å². The molecular weight excluding hydrogens is 270 g/mol. The average molecular weight is 293 g/mol. The van der Waals surface area contributed by atoms with Gasteiger partial charge >= 0.3 is 0 Å². The number of aromatic nitrogens is 2. The van der Waals surface area contributed by atoms with E-state index in [-0.39, 0.29) is 0 Å². The van der Waals surface area contributed by atoms with Crippen molar-refractivity contribution >= 4 is 16.9 Å². The van der Waals surface area contributed by atoms with Crippen LogP contribution in [0.4, 0.5) is 0 Å². The fourth-order valence-electron chi connectivity index (χ4n) is 1.86. The molecule has 0 saturated heterocycles. The Bertz CT molecular complexity index is 765. The van der Waals surface area contributed by atoms with E-state index in [1.807, 2.05) is 63.5 Å². The van der Waals surface area contributed by atoms with Crippen LogP contribution in [0.5, 0.6) is 0 Å². The van der Waals surface area contributed by atoms with Crippen molar-refractivity contribution in [3.8, 4) is 11.8 Å². The molecule has 0 atom stereocenters. The Morgan fingerprint density at radius 3 is 2.68 bits per heavy atom. The number of hydrogen-bond acceptors (Lipinski definition) is 2. The molecule has 1 heterocycles. The summed E-state index contributed by atoms with van der Waals surface area (Å²) in [5.41, 5.74) is 3.80. The van der Waals surface area contributed by atoms with Crippen molar-refractivity contribution < 1.29 is 0 Å². The van der Waals surface area contributed by atoms with Gasteiger partial charge in [0.1, 0.15) is 12.2 Å². The average Bonchev–Trinajstić information content (AvgIpc) is 2.97. The monoisotopic (exact) mass is 293 g/mol. The van der Waals surface area contributed by atoms with Crippen LogP contribution in [-0.4, -0.2) is 15.4 Å². The van der Waals surface area contributed by atoms with Crippen LogP contribution in [0.3, 0.4) is 0 Å². The molecule has 1 aromatic carbocycles. The van der Waals surface area contributed by atoms with Crippen molar-refractivity contribution in [1.29, 1.82) is 0 Å². The lowest BCUT2D eigenvalue weighted by Gasteiger charge is -2.04. The summed E-state index contributed by atoms with van der Waals surface area (Å²) in [6, 6.07) is 5.95. The molecule has 2 rings (SSSR count). The van der Waals surface area contributed by atoms with Gasteiger partial charge in [-0.15, -0.1) is 5.92 Å². The predicted octanol–water partition coefficient (Wildman–Crippen LogP) is 4.79. The van der Waals surface area contributed by atoms with Gasteiger partial charge in [0.2, 0.25) is 0 Å². The Hall–Kier alpha value is -2.60. The Morgan fingerprint density at radius 1 is 1.36 bits per heavy atom. The second-order valence-corrected chi connectivity index (χ2v) is 4.30. The maximum atomic E-state index is 4.53. The lowest BCUT2D eigenvalue weighted by molar-refractivity contribution is 1.14. The van der Waals surface area contributed by atoms with Crippen LogP contribution in [0.2, 0.25) is 0 Å². The number of rotatable bonds is 2. The Morgan fingerprint density at radius 2 is 2.09 bits per heavy atom. The molecule has 0 unspecified atom stereocenters. The maximum Gasteiger partial charge on any atom is 0.137 e. The number of hydrogen-bond donors (Lipinski definition) is 0. The summed E-state index contributed by atoms with van der Waals surface area (Å²) in [5.74, 6) is 6.72. The molecule has 0 aliphatic heterocycles. The summed E-state index contributed by atoms with van der Waals surface area (Å²) in [4.78, 5) is 8.92. The van der Waals surface area contributed by atoms with E-state index in [4.69, 9.17) is 0 Å². The summed E-state index contributed by atoms with van der Waals surface area (Å²) in [7, 11) is 0. The minimum atomic E-state index is 0.754. The number of nitrogens with zero attached hydrogens (tertiary/aromatic N) is 3. The van der Waals surface area contributed by atoms with Crippen LogP contribution in [0.1, 0.15) is 40.2 Å². The van der Waals surface area contributed by atoms with Gasteiger partial charge in [-0.2, -0.15) is 0 Å². The molecule has 2 aromatic rings.